The monoisotopic (exact) mass is 325 g/mol. The van der Waals surface area contributed by atoms with E-state index in [1.54, 1.807) is 11.1 Å². The SMILES string of the molecule is C=C(C)N(C)C.Cc1ccc2c(c1)CCC1C2CCC2CCCC21. The van der Waals surface area contributed by atoms with Gasteiger partial charge in [0.25, 0.3) is 0 Å². The van der Waals surface area contributed by atoms with Gasteiger partial charge in [-0.25, -0.2) is 0 Å². The van der Waals surface area contributed by atoms with Crippen molar-refractivity contribution in [2.24, 2.45) is 17.8 Å². The number of hydrogen-bond donors (Lipinski definition) is 0. The summed E-state index contributed by atoms with van der Waals surface area (Å²) < 4.78 is 0. The van der Waals surface area contributed by atoms with E-state index in [9.17, 15) is 0 Å². The maximum absolute atomic E-state index is 3.68. The maximum atomic E-state index is 3.68. The molecule has 0 saturated heterocycles. The molecule has 3 aliphatic rings. The third-order valence-corrected chi connectivity index (χ3v) is 6.84. The van der Waals surface area contributed by atoms with Crippen molar-refractivity contribution < 1.29 is 0 Å². The van der Waals surface area contributed by atoms with Gasteiger partial charge in [0, 0.05) is 19.8 Å². The molecule has 0 bridgehead atoms. The number of nitrogens with zero attached hydrogens (tertiary/aromatic N) is 1. The number of fused-ring (bicyclic) bond motifs is 5. The van der Waals surface area contributed by atoms with Crippen LogP contribution >= 0.6 is 0 Å². The second-order valence-corrected chi connectivity index (χ2v) is 8.57. The standard InChI is InChI=1S/C18H24.C5H11N/c1-12-5-8-16-14(11-12)7-10-17-15-4-2-3-13(15)6-9-18(16)17;1-5(2)6(3)4/h5,8,11,13,15,17-18H,2-4,6-7,9-10H2,1H3;1H2,2-4H3. The fourth-order valence-corrected chi connectivity index (χ4v) is 5.33. The van der Waals surface area contributed by atoms with E-state index in [-0.39, 0.29) is 0 Å². The lowest BCUT2D eigenvalue weighted by Crippen LogP contribution is -2.34. The van der Waals surface area contributed by atoms with Crippen molar-refractivity contribution >= 4 is 0 Å². The van der Waals surface area contributed by atoms with Crippen molar-refractivity contribution in [3.05, 3.63) is 47.2 Å². The topological polar surface area (TPSA) is 3.24 Å². The highest BCUT2D eigenvalue weighted by molar-refractivity contribution is 5.37. The predicted molar refractivity (Wildman–Crippen MR) is 104 cm³/mol. The lowest BCUT2D eigenvalue weighted by molar-refractivity contribution is 0.137. The van der Waals surface area contributed by atoms with Crippen LogP contribution in [0.2, 0.25) is 0 Å². The van der Waals surface area contributed by atoms with Gasteiger partial charge in [0.2, 0.25) is 0 Å². The van der Waals surface area contributed by atoms with Crippen molar-refractivity contribution in [3.63, 3.8) is 0 Å². The van der Waals surface area contributed by atoms with E-state index < -0.39 is 0 Å². The zero-order chi connectivity index (χ0) is 17.3. The molecule has 0 radical (unpaired) electrons. The van der Waals surface area contributed by atoms with Gasteiger partial charge < -0.3 is 4.90 Å². The number of allylic oxidation sites excluding steroid dienone is 1. The summed E-state index contributed by atoms with van der Waals surface area (Å²) in [5.74, 6) is 4.12. The Hall–Kier alpha value is -1.24. The Morgan fingerprint density at radius 3 is 2.50 bits per heavy atom. The highest BCUT2D eigenvalue weighted by atomic mass is 15.1. The molecule has 24 heavy (non-hydrogen) atoms. The highest BCUT2D eigenvalue weighted by Gasteiger charge is 2.43. The molecule has 0 heterocycles. The molecule has 1 aromatic carbocycles. The van der Waals surface area contributed by atoms with Crippen LogP contribution in [0.15, 0.2) is 30.5 Å². The molecule has 0 N–H and O–H groups in total. The van der Waals surface area contributed by atoms with E-state index in [0.29, 0.717) is 0 Å². The average Bonchev–Trinajstić information content (AvgIpc) is 3.03. The molecule has 4 unspecified atom stereocenters. The Bertz CT molecular complexity index is 586. The Morgan fingerprint density at radius 2 is 1.79 bits per heavy atom. The molecule has 1 heteroatoms. The van der Waals surface area contributed by atoms with Gasteiger partial charge in [-0.05, 0) is 80.8 Å². The van der Waals surface area contributed by atoms with Gasteiger partial charge >= 0.3 is 0 Å². The first-order valence-corrected chi connectivity index (χ1v) is 9.89. The van der Waals surface area contributed by atoms with Crippen LogP contribution < -0.4 is 0 Å². The molecule has 1 aromatic rings. The zero-order valence-electron chi connectivity index (χ0n) is 16.1. The van der Waals surface area contributed by atoms with Gasteiger partial charge in [-0.15, -0.1) is 0 Å². The van der Waals surface area contributed by atoms with Crippen LogP contribution in [0.25, 0.3) is 0 Å². The lowest BCUT2D eigenvalue weighted by Gasteiger charge is -2.44. The van der Waals surface area contributed by atoms with Crippen molar-refractivity contribution in [2.75, 3.05) is 14.1 Å². The summed E-state index contributed by atoms with van der Waals surface area (Å²) in [5.41, 5.74) is 5.94. The van der Waals surface area contributed by atoms with Gasteiger partial charge in [-0.3, -0.25) is 0 Å². The summed E-state index contributed by atoms with van der Waals surface area (Å²) in [6.07, 6.45) is 10.4. The number of hydrogen-bond acceptors (Lipinski definition) is 1. The quantitative estimate of drug-likeness (QED) is 0.618. The molecule has 0 spiro atoms. The molecule has 132 valence electrons. The van der Waals surface area contributed by atoms with E-state index in [1.807, 2.05) is 25.9 Å². The van der Waals surface area contributed by atoms with E-state index in [0.717, 1.165) is 29.4 Å². The molecule has 2 fully saturated rings. The summed E-state index contributed by atoms with van der Waals surface area (Å²) in [7, 11) is 3.95. The van der Waals surface area contributed by atoms with Crippen LogP contribution in [0, 0.1) is 24.7 Å². The lowest BCUT2D eigenvalue weighted by atomic mass is 9.61. The van der Waals surface area contributed by atoms with Crippen LogP contribution in [0.5, 0.6) is 0 Å². The number of benzene rings is 1. The normalized spacial score (nSPS) is 30.3. The summed E-state index contributed by atoms with van der Waals surface area (Å²) in [6.45, 7) is 7.89. The molecule has 2 saturated carbocycles. The summed E-state index contributed by atoms with van der Waals surface area (Å²) in [6, 6.07) is 7.24. The summed E-state index contributed by atoms with van der Waals surface area (Å²) in [5, 5.41) is 0. The van der Waals surface area contributed by atoms with Gasteiger partial charge in [-0.2, -0.15) is 0 Å². The van der Waals surface area contributed by atoms with Crippen LogP contribution in [0.3, 0.4) is 0 Å². The van der Waals surface area contributed by atoms with Gasteiger partial charge in [0.1, 0.15) is 0 Å². The largest absolute Gasteiger partial charge is 0.382 e. The van der Waals surface area contributed by atoms with Crippen molar-refractivity contribution in [2.45, 2.75) is 64.7 Å². The van der Waals surface area contributed by atoms with Gasteiger partial charge in [0.05, 0.1) is 0 Å². The summed E-state index contributed by atoms with van der Waals surface area (Å²) in [4.78, 5) is 1.97. The minimum Gasteiger partial charge on any atom is -0.382 e. The van der Waals surface area contributed by atoms with Crippen molar-refractivity contribution in [1.82, 2.24) is 4.90 Å². The van der Waals surface area contributed by atoms with Crippen molar-refractivity contribution in [1.29, 1.82) is 0 Å². The van der Waals surface area contributed by atoms with E-state index in [2.05, 4.69) is 31.7 Å². The smallest absolute Gasteiger partial charge is 0.00578 e. The number of rotatable bonds is 1. The Labute approximate surface area is 149 Å². The van der Waals surface area contributed by atoms with Gasteiger partial charge in [0.15, 0.2) is 0 Å². The molecule has 4 atom stereocenters. The van der Waals surface area contributed by atoms with Crippen LogP contribution in [-0.2, 0) is 6.42 Å². The molecule has 1 nitrogen and oxygen atoms in total. The van der Waals surface area contributed by atoms with E-state index >= 15 is 0 Å². The van der Waals surface area contributed by atoms with Crippen molar-refractivity contribution in [3.8, 4) is 0 Å². The van der Waals surface area contributed by atoms with Gasteiger partial charge in [-0.1, -0.05) is 43.2 Å². The second-order valence-electron chi connectivity index (χ2n) is 8.57. The molecular formula is C23H35N. The summed E-state index contributed by atoms with van der Waals surface area (Å²) >= 11 is 0. The van der Waals surface area contributed by atoms with E-state index in [4.69, 9.17) is 0 Å². The highest BCUT2D eigenvalue weighted by Crippen LogP contribution is 2.54. The number of aryl methyl sites for hydroxylation is 2. The van der Waals surface area contributed by atoms with Crippen LogP contribution in [-0.4, -0.2) is 19.0 Å². The van der Waals surface area contributed by atoms with Crippen LogP contribution in [0.1, 0.15) is 68.1 Å². The minimum atomic E-state index is 0.911. The Balaban J connectivity index is 0.000000246. The Morgan fingerprint density at radius 1 is 1.04 bits per heavy atom. The molecule has 4 rings (SSSR count). The molecule has 0 aliphatic heterocycles. The maximum Gasteiger partial charge on any atom is 0.00578 e. The first-order valence-electron chi connectivity index (χ1n) is 9.89. The minimum absolute atomic E-state index is 0.911. The molecule has 0 amide bonds. The third-order valence-electron chi connectivity index (χ3n) is 6.84. The molecule has 0 aromatic heterocycles. The molecular weight excluding hydrogens is 290 g/mol. The zero-order valence-corrected chi connectivity index (χ0v) is 16.1. The Kier molecular flexibility index (Phi) is 5.37. The third kappa shape index (κ3) is 3.55. The van der Waals surface area contributed by atoms with E-state index in [1.165, 1.54) is 50.5 Å². The fraction of sp³-hybridized carbons (Fsp3) is 0.652. The predicted octanol–water partition coefficient (Wildman–Crippen LogP) is 5.93. The van der Waals surface area contributed by atoms with Crippen LogP contribution in [0.4, 0.5) is 0 Å². The molecule has 3 aliphatic carbocycles. The first kappa shape index (κ1) is 17.6. The second kappa shape index (κ2) is 7.33. The first-order chi connectivity index (χ1) is 11.5. The fourth-order valence-electron chi connectivity index (χ4n) is 5.33. The average molecular weight is 326 g/mol.